The van der Waals surface area contributed by atoms with Crippen molar-refractivity contribution in [3.05, 3.63) is 54.1 Å². The average molecular weight is 417 g/mol. The number of amides is 1. The van der Waals surface area contributed by atoms with Gasteiger partial charge in [-0.25, -0.2) is 8.42 Å². The third-order valence-corrected chi connectivity index (χ3v) is 6.60. The predicted molar refractivity (Wildman–Crippen MR) is 114 cm³/mol. The van der Waals surface area contributed by atoms with Crippen molar-refractivity contribution in [2.24, 2.45) is 5.92 Å². The molecule has 2 atom stereocenters. The van der Waals surface area contributed by atoms with Gasteiger partial charge in [-0.15, -0.1) is 0 Å². The van der Waals surface area contributed by atoms with Crippen LogP contribution in [0.1, 0.15) is 44.0 Å². The zero-order chi connectivity index (χ0) is 21.0. The first-order valence-electron chi connectivity index (χ1n) is 9.97. The molecule has 0 saturated carbocycles. The number of likely N-dealkylation sites (tertiary alicyclic amines) is 1. The highest BCUT2D eigenvalue weighted by atomic mass is 32.2. The van der Waals surface area contributed by atoms with Gasteiger partial charge in [-0.2, -0.15) is 0 Å². The van der Waals surface area contributed by atoms with Crippen molar-refractivity contribution in [3.63, 3.8) is 0 Å². The summed E-state index contributed by atoms with van der Waals surface area (Å²) in [6.45, 7) is 7.37. The summed E-state index contributed by atoms with van der Waals surface area (Å²) in [5, 5.41) is 0. The van der Waals surface area contributed by atoms with Gasteiger partial charge >= 0.3 is 0 Å². The third-order valence-electron chi connectivity index (χ3n) is 5.21. The Morgan fingerprint density at radius 1 is 1.17 bits per heavy atom. The van der Waals surface area contributed by atoms with Crippen molar-refractivity contribution in [1.29, 1.82) is 0 Å². The molecule has 1 N–H and O–H groups in total. The zero-order valence-corrected chi connectivity index (χ0v) is 17.9. The molecular formula is C22H28N2O4S. The number of nitrogens with zero attached hydrogens (tertiary/aromatic N) is 1. The van der Waals surface area contributed by atoms with Crippen LogP contribution in [-0.2, 0) is 10.0 Å². The van der Waals surface area contributed by atoms with E-state index < -0.39 is 10.0 Å². The van der Waals surface area contributed by atoms with E-state index >= 15 is 0 Å². The van der Waals surface area contributed by atoms with Crippen LogP contribution in [0.5, 0.6) is 5.75 Å². The molecule has 0 aromatic heterocycles. The lowest BCUT2D eigenvalue weighted by molar-refractivity contribution is 0.0588. The van der Waals surface area contributed by atoms with E-state index in [-0.39, 0.29) is 16.8 Å². The molecule has 0 bridgehead atoms. The summed E-state index contributed by atoms with van der Waals surface area (Å²) in [6, 6.07) is 13.1. The fourth-order valence-corrected chi connectivity index (χ4v) is 4.74. The maximum absolute atomic E-state index is 12.9. The molecule has 3 rings (SSSR count). The van der Waals surface area contributed by atoms with Crippen molar-refractivity contribution in [1.82, 2.24) is 4.90 Å². The number of piperidine rings is 1. The Hall–Kier alpha value is -2.54. The quantitative estimate of drug-likeness (QED) is 0.768. The van der Waals surface area contributed by atoms with Crippen molar-refractivity contribution >= 4 is 21.6 Å². The second kappa shape index (κ2) is 8.86. The van der Waals surface area contributed by atoms with Gasteiger partial charge in [0.2, 0.25) is 0 Å². The van der Waals surface area contributed by atoms with Gasteiger partial charge in [0.25, 0.3) is 15.9 Å². The molecule has 1 fully saturated rings. The standard InChI is InChI=1S/C22H28N2O4S/c1-4-28-20-8-10-21(11-9-20)29(26,27)23-19-7-5-6-18(15-19)22(25)24-13-12-16(2)14-17(24)3/h5-11,15-17,23H,4,12-14H2,1-3H3/t16-,17-/m0/s1. The number of carbonyl (C=O) groups is 1. The van der Waals surface area contributed by atoms with Crippen LogP contribution in [-0.4, -0.2) is 38.4 Å². The number of hydrogen-bond acceptors (Lipinski definition) is 4. The molecule has 0 spiro atoms. The maximum Gasteiger partial charge on any atom is 0.261 e. The van der Waals surface area contributed by atoms with Gasteiger partial charge in [0.1, 0.15) is 5.75 Å². The van der Waals surface area contributed by atoms with E-state index in [1.165, 1.54) is 12.1 Å². The average Bonchev–Trinajstić information content (AvgIpc) is 2.68. The number of rotatable bonds is 6. The van der Waals surface area contributed by atoms with E-state index in [4.69, 9.17) is 4.74 Å². The van der Waals surface area contributed by atoms with Gasteiger partial charge in [-0.1, -0.05) is 13.0 Å². The van der Waals surface area contributed by atoms with Crippen LogP contribution in [0, 0.1) is 5.92 Å². The molecule has 0 radical (unpaired) electrons. The van der Waals surface area contributed by atoms with E-state index in [0.717, 1.165) is 19.4 Å². The fourth-order valence-electron chi connectivity index (χ4n) is 3.69. The number of anilines is 1. The third kappa shape index (κ3) is 5.09. The number of benzene rings is 2. The Balaban J connectivity index is 1.76. The monoisotopic (exact) mass is 416 g/mol. The molecule has 29 heavy (non-hydrogen) atoms. The molecule has 1 amide bonds. The van der Waals surface area contributed by atoms with Gasteiger partial charge in [0.15, 0.2) is 0 Å². The van der Waals surface area contributed by atoms with E-state index in [0.29, 0.717) is 29.5 Å². The second-order valence-corrected chi connectivity index (χ2v) is 9.25. The number of nitrogens with one attached hydrogen (secondary N) is 1. The van der Waals surface area contributed by atoms with Crippen LogP contribution in [0.15, 0.2) is 53.4 Å². The van der Waals surface area contributed by atoms with Crippen LogP contribution in [0.25, 0.3) is 0 Å². The van der Waals surface area contributed by atoms with Crippen LogP contribution in [0.4, 0.5) is 5.69 Å². The lowest BCUT2D eigenvalue weighted by Gasteiger charge is -2.36. The number of hydrogen-bond donors (Lipinski definition) is 1. The van der Waals surface area contributed by atoms with Crippen LogP contribution in [0.2, 0.25) is 0 Å². The molecule has 0 unspecified atom stereocenters. The summed E-state index contributed by atoms with van der Waals surface area (Å²) < 4.78 is 33.3. The molecule has 6 nitrogen and oxygen atoms in total. The van der Waals surface area contributed by atoms with E-state index in [1.807, 2.05) is 11.8 Å². The van der Waals surface area contributed by atoms with Gasteiger partial charge in [0, 0.05) is 23.8 Å². The summed E-state index contributed by atoms with van der Waals surface area (Å²) in [4.78, 5) is 14.9. The molecule has 2 aromatic rings. The minimum absolute atomic E-state index is 0.0634. The number of ether oxygens (including phenoxy) is 1. The van der Waals surface area contributed by atoms with Gasteiger partial charge in [-0.3, -0.25) is 9.52 Å². The van der Waals surface area contributed by atoms with Crippen LogP contribution in [0.3, 0.4) is 0 Å². The molecule has 1 aliphatic heterocycles. The summed E-state index contributed by atoms with van der Waals surface area (Å²) in [5.74, 6) is 1.16. The Morgan fingerprint density at radius 3 is 2.55 bits per heavy atom. The van der Waals surface area contributed by atoms with E-state index in [2.05, 4.69) is 18.6 Å². The lowest BCUT2D eigenvalue weighted by Crippen LogP contribution is -2.44. The highest BCUT2D eigenvalue weighted by molar-refractivity contribution is 7.92. The van der Waals surface area contributed by atoms with E-state index in [1.54, 1.807) is 36.4 Å². The van der Waals surface area contributed by atoms with Crippen molar-refractivity contribution in [2.45, 2.75) is 44.6 Å². The normalized spacial score (nSPS) is 19.6. The van der Waals surface area contributed by atoms with Crippen molar-refractivity contribution in [2.75, 3.05) is 17.9 Å². The zero-order valence-electron chi connectivity index (χ0n) is 17.1. The first-order valence-corrected chi connectivity index (χ1v) is 11.4. The van der Waals surface area contributed by atoms with Crippen LogP contribution >= 0.6 is 0 Å². The molecule has 156 valence electrons. The summed E-state index contributed by atoms with van der Waals surface area (Å²) in [7, 11) is -3.76. The number of sulfonamides is 1. The first-order chi connectivity index (χ1) is 13.8. The predicted octanol–water partition coefficient (Wildman–Crippen LogP) is 4.15. The molecular weight excluding hydrogens is 388 g/mol. The number of carbonyl (C=O) groups excluding carboxylic acids is 1. The second-order valence-electron chi connectivity index (χ2n) is 7.57. The first kappa shape index (κ1) is 21.2. The molecule has 1 heterocycles. The Labute approximate surface area is 172 Å². The topological polar surface area (TPSA) is 75.7 Å². The Bertz CT molecular complexity index is 957. The fraction of sp³-hybridized carbons (Fsp3) is 0.409. The van der Waals surface area contributed by atoms with Crippen LogP contribution < -0.4 is 9.46 Å². The molecule has 1 saturated heterocycles. The lowest BCUT2D eigenvalue weighted by atomic mass is 9.93. The summed E-state index contributed by atoms with van der Waals surface area (Å²) >= 11 is 0. The van der Waals surface area contributed by atoms with Crippen molar-refractivity contribution in [3.8, 4) is 5.75 Å². The SMILES string of the molecule is CCOc1ccc(S(=O)(=O)Nc2cccc(C(=O)N3CC[C@H](C)C[C@@H]3C)c2)cc1. The highest BCUT2D eigenvalue weighted by Crippen LogP contribution is 2.25. The molecule has 1 aliphatic rings. The van der Waals surface area contributed by atoms with E-state index in [9.17, 15) is 13.2 Å². The van der Waals surface area contributed by atoms with Gasteiger partial charge in [0.05, 0.1) is 11.5 Å². The maximum atomic E-state index is 12.9. The minimum atomic E-state index is -3.76. The Kier molecular flexibility index (Phi) is 6.47. The molecule has 7 heteroatoms. The van der Waals surface area contributed by atoms with Crippen molar-refractivity contribution < 1.29 is 17.9 Å². The summed E-state index contributed by atoms with van der Waals surface area (Å²) in [6.07, 6.45) is 1.97. The summed E-state index contributed by atoms with van der Waals surface area (Å²) in [5.41, 5.74) is 0.848. The minimum Gasteiger partial charge on any atom is -0.494 e. The largest absolute Gasteiger partial charge is 0.494 e. The van der Waals surface area contributed by atoms with Gasteiger partial charge < -0.3 is 9.64 Å². The Morgan fingerprint density at radius 2 is 1.90 bits per heavy atom. The van der Waals surface area contributed by atoms with Gasteiger partial charge in [-0.05, 0) is 75.1 Å². The molecule has 0 aliphatic carbocycles. The smallest absolute Gasteiger partial charge is 0.261 e. The highest BCUT2D eigenvalue weighted by Gasteiger charge is 2.27. The molecule has 2 aromatic carbocycles.